The smallest absolute Gasteiger partial charge is 0.167 e. The van der Waals surface area contributed by atoms with Crippen molar-refractivity contribution in [3.05, 3.63) is 0 Å². The number of carbonyl (C=O) groups excluding carboxylic acids is 1. The van der Waals surface area contributed by atoms with Crippen LogP contribution in [0.15, 0.2) is 0 Å². The predicted molar refractivity (Wildman–Crippen MR) is 36.8 cm³/mol. The van der Waals surface area contributed by atoms with E-state index in [1.807, 2.05) is 0 Å². The highest BCUT2D eigenvalue weighted by Crippen LogP contribution is 2.50. The molecule has 1 heterocycles. The molecular weight excluding hydrogens is 128 g/mol. The van der Waals surface area contributed by atoms with Crippen LogP contribution in [0.3, 0.4) is 0 Å². The molecule has 2 unspecified atom stereocenters. The number of carbonyl (C=O) groups is 1. The number of hydrogen-bond donors (Lipinski definition) is 0. The summed E-state index contributed by atoms with van der Waals surface area (Å²) >= 11 is 0. The van der Waals surface area contributed by atoms with Gasteiger partial charge < -0.3 is 4.74 Å². The molecule has 0 aromatic heterocycles. The molecule has 0 aromatic carbocycles. The number of ketones is 1. The molecule has 2 atom stereocenters. The number of ether oxygens (including phenoxy) is 1. The molecule has 1 saturated heterocycles. The van der Waals surface area contributed by atoms with Crippen LogP contribution in [0, 0.1) is 0 Å². The van der Waals surface area contributed by atoms with E-state index < -0.39 is 0 Å². The van der Waals surface area contributed by atoms with Crippen LogP contribution < -0.4 is 0 Å². The maximum Gasteiger partial charge on any atom is 0.167 e. The maximum atomic E-state index is 11.2. The summed E-state index contributed by atoms with van der Waals surface area (Å²) in [6.45, 7) is 2.10. The molecule has 2 fully saturated rings. The van der Waals surface area contributed by atoms with E-state index in [0.717, 1.165) is 25.7 Å². The van der Waals surface area contributed by atoms with Crippen molar-refractivity contribution >= 4 is 5.78 Å². The number of Topliss-reactive ketones (excluding diaryl/α,β-unsaturated/α-hetero) is 1. The summed E-state index contributed by atoms with van der Waals surface area (Å²) in [6.07, 6.45) is 4.03. The average molecular weight is 140 g/mol. The van der Waals surface area contributed by atoms with Crippen molar-refractivity contribution in [3.63, 3.8) is 0 Å². The summed E-state index contributed by atoms with van der Waals surface area (Å²) in [5.74, 6) is 0.347. The largest absolute Gasteiger partial charge is 0.358 e. The number of epoxide rings is 1. The summed E-state index contributed by atoms with van der Waals surface area (Å²) in [5.41, 5.74) is -0.269. The highest BCUT2D eigenvalue weighted by atomic mass is 16.6. The van der Waals surface area contributed by atoms with Gasteiger partial charge in [-0.2, -0.15) is 0 Å². The summed E-state index contributed by atoms with van der Waals surface area (Å²) in [7, 11) is 0. The third-order valence-corrected chi connectivity index (χ3v) is 2.54. The van der Waals surface area contributed by atoms with Gasteiger partial charge >= 0.3 is 0 Å². The lowest BCUT2D eigenvalue weighted by Crippen LogP contribution is -2.20. The summed E-state index contributed by atoms with van der Waals surface area (Å²) in [6, 6.07) is 0. The molecule has 0 radical (unpaired) electrons. The van der Waals surface area contributed by atoms with Gasteiger partial charge in [-0.1, -0.05) is 13.3 Å². The fourth-order valence-electron chi connectivity index (χ4n) is 1.96. The molecular formula is C8H12O2. The number of fused-ring (bicyclic) bond motifs is 1. The van der Waals surface area contributed by atoms with Crippen LogP contribution in [0.2, 0.25) is 0 Å². The van der Waals surface area contributed by atoms with Crippen molar-refractivity contribution in [2.75, 3.05) is 0 Å². The van der Waals surface area contributed by atoms with Gasteiger partial charge in [0.05, 0.1) is 6.10 Å². The fourth-order valence-corrected chi connectivity index (χ4v) is 1.96. The highest BCUT2D eigenvalue weighted by molar-refractivity contribution is 5.93. The molecule has 2 aliphatic rings. The van der Waals surface area contributed by atoms with Gasteiger partial charge in [-0.05, 0) is 12.8 Å². The Kier molecular flexibility index (Phi) is 1.15. The first-order chi connectivity index (χ1) is 4.79. The third kappa shape index (κ3) is 0.601. The molecule has 0 bridgehead atoms. The second kappa shape index (κ2) is 1.82. The minimum Gasteiger partial charge on any atom is -0.358 e. The molecule has 0 N–H and O–H groups in total. The molecule has 1 aliphatic carbocycles. The van der Waals surface area contributed by atoms with Crippen LogP contribution in [0.5, 0.6) is 0 Å². The van der Waals surface area contributed by atoms with Gasteiger partial charge in [-0.25, -0.2) is 0 Å². The van der Waals surface area contributed by atoms with E-state index in [-0.39, 0.29) is 5.60 Å². The monoisotopic (exact) mass is 140 g/mol. The molecule has 56 valence electrons. The van der Waals surface area contributed by atoms with Crippen molar-refractivity contribution in [3.8, 4) is 0 Å². The second-order valence-electron chi connectivity index (χ2n) is 3.21. The van der Waals surface area contributed by atoms with Crippen molar-refractivity contribution in [1.82, 2.24) is 0 Å². The Morgan fingerprint density at radius 1 is 1.80 bits per heavy atom. The van der Waals surface area contributed by atoms with E-state index in [0.29, 0.717) is 11.9 Å². The molecule has 2 rings (SSSR count). The summed E-state index contributed by atoms with van der Waals surface area (Å²) in [4.78, 5) is 11.2. The first kappa shape index (κ1) is 6.35. The van der Waals surface area contributed by atoms with Gasteiger partial charge in [0.15, 0.2) is 11.4 Å². The Bertz CT molecular complexity index is 176. The van der Waals surface area contributed by atoms with Crippen LogP contribution in [0.1, 0.15) is 32.6 Å². The second-order valence-corrected chi connectivity index (χ2v) is 3.21. The van der Waals surface area contributed by atoms with Crippen molar-refractivity contribution in [2.24, 2.45) is 0 Å². The Morgan fingerprint density at radius 3 is 3.00 bits per heavy atom. The standard InChI is InChI=1S/C8H12O2/c1-2-5-8-6(9)3-4-7(8)10-8/h7H,2-5H2,1H3. The Balaban J connectivity index is 2.10. The zero-order valence-corrected chi connectivity index (χ0v) is 6.22. The Morgan fingerprint density at radius 2 is 2.60 bits per heavy atom. The van der Waals surface area contributed by atoms with Crippen LogP contribution in [0.4, 0.5) is 0 Å². The van der Waals surface area contributed by atoms with Crippen LogP contribution in [0.25, 0.3) is 0 Å². The van der Waals surface area contributed by atoms with Gasteiger partial charge in [0.2, 0.25) is 0 Å². The Hall–Kier alpha value is -0.370. The Labute approximate surface area is 60.6 Å². The first-order valence-electron chi connectivity index (χ1n) is 4.01. The number of hydrogen-bond acceptors (Lipinski definition) is 2. The van der Waals surface area contributed by atoms with Crippen molar-refractivity contribution in [2.45, 2.75) is 44.3 Å². The van der Waals surface area contributed by atoms with E-state index in [1.54, 1.807) is 0 Å². The quantitative estimate of drug-likeness (QED) is 0.541. The van der Waals surface area contributed by atoms with E-state index >= 15 is 0 Å². The summed E-state index contributed by atoms with van der Waals surface area (Å²) < 4.78 is 5.34. The van der Waals surface area contributed by atoms with Gasteiger partial charge in [0, 0.05) is 6.42 Å². The summed E-state index contributed by atoms with van der Waals surface area (Å²) in [5, 5.41) is 0. The lowest BCUT2D eigenvalue weighted by molar-refractivity contribution is -0.123. The molecule has 0 spiro atoms. The minimum atomic E-state index is -0.269. The topological polar surface area (TPSA) is 29.6 Å². The van der Waals surface area contributed by atoms with Crippen LogP contribution in [-0.4, -0.2) is 17.5 Å². The molecule has 10 heavy (non-hydrogen) atoms. The molecule has 1 saturated carbocycles. The van der Waals surface area contributed by atoms with Gasteiger partial charge in [0.1, 0.15) is 0 Å². The van der Waals surface area contributed by atoms with Crippen LogP contribution >= 0.6 is 0 Å². The first-order valence-corrected chi connectivity index (χ1v) is 4.01. The molecule has 2 nitrogen and oxygen atoms in total. The van der Waals surface area contributed by atoms with E-state index in [4.69, 9.17) is 4.74 Å². The SMILES string of the molecule is CCCC12OC1CCC2=O. The lowest BCUT2D eigenvalue weighted by Gasteiger charge is -2.02. The lowest BCUT2D eigenvalue weighted by atomic mass is 10.0. The van der Waals surface area contributed by atoms with Gasteiger partial charge in [0.25, 0.3) is 0 Å². The third-order valence-electron chi connectivity index (χ3n) is 2.54. The van der Waals surface area contributed by atoms with E-state index in [9.17, 15) is 4.79 Å². The zero-order chi connectivity index (χ0) is 7.19. The van der Waals surface area contributed by atoms with Crippen LogP contribution in [-0.2, 0) is 9.53 Å². The van der Waals surface area contributed by atoms with Gasteiger partial charge in [-0.3, -0.25) is 4.79 Å². The molecule has 2 heteroatoms. The van der Waals surface area contributed by atoms with Gasteiger partial charge in [-0.15, -0.1) is 0 Å². The van der Waals surface area contributed by atoms with E-state index in [1.165, 1.54) is 0 Å². The fraction of sp³-hybridized carbons (Fsp3) is 0.875. The average Bonchev–Trinajstić information content (AvgIpc) is 2.53. The minimum absolute atomic E-state index is 0.269. The predicted octanol–water partition coefficient (Wildman–Crippen LogP) is 1.29. The zero-order valence-electron chi connectivity index (χ0n) is 6.22. The molecule has 0 amide bonds. The maximum absolute atomic E-state index is 11.2. The van der Waals surface area contributed by atoms with E-state index in [2.05, 4.69) is 6.92 Å². The molecule has 1 aliphatic heterocycles. The number of rotatable bonds is 2. The normalized spacial score (nSPS) is 43.7. The molecule has 0 aromatic rings. The highest BCUT2D eigenvalue weighted by Gasteiger charge is 2.64. The van der Waals surface area contributed by atoms with Crippen molar-refractivity contribution < 1.29 is 9.53 Å². The van der Waals surface area contributed by atoms with Crippen molar-refractivity contribution in [1.29, 1.82) is 0 Å².